The summed E-state index contributed by atoms with van der Waals surface area (Å²) in [4.78, 5) is 44.8. The van der Waals surface area contributed by atoms with Crippen molar-refractivity contribution in [1.29, 1.82) is 0 Å². The van der Waals surface area contributed by atoms with Gasteiger partial charge in [-0.1, -0.05) is 30.3 Å². The smallest absolute Gasteiger partial charge is 0.261 e. The Bertz CT molecular complexity index is 1760. The van der Waals surface area contributed by atoms with Crippen LogP contribution < -0.4 is 11.3 Å². The first-order valence-corrected chi connectivity index (χ1v) is 11.8. The molecular weight excluding hydrogens is 490 g/mol. The first-order chi connectivity index (χ1) is 18.3. The lowest BCUT2D eigenvalue weighted by Crippen LogP contribution is -2.26. The Labute approximate surface area is 215 Å². The van der Waals surface area contributed by atoms with E-state index in [4.69, 9.17) is 5.73 Å². The summed E-state index contributed by atoms with van der Waals surface area (Å²) in [5.74, 6) is -2.85. The number of hydrogen-bond acceptors (Lipinski definition) is 4. The highest BCUT2D eigenvalue weighted by Crippen LogP contribution is 2.29. The van der Waals surface area contributed by atoms with Crippen molar-refractivity contribution in [2.24, 2.45) is 5.73 Å². The van der Waals surface area contributed by atoms with Crippen molar-refractivity contribution in [3.8, 4) is 11.1 Å². The van der Waals surface area contributed by atoms with Gasteiger partial charge in [0.15, 0.2) is 17.4 Å². The number of nitrogens with zero attached hydrogens (tertiary/aromatic N) is 2. The number of hydrogen-bond donors (Lipinski definition) is 2. The maximum absolute atomic E-state index is 13.6. The van der Waals surface area contributed by atoms with Gasteiger partial charge in [0.05, 0.1) is 17.7 Å². The van der Waals surface area contributed by atoms with Gasteiger partial charge in [0.1, 0.15) is 5.65 Å². The molecule has 1 amide bonds. The monoisotopic (exact) mass is 512 g/mol. The molecule has 0 bridgehead atoms. The number of benzene rings is 2. The molecule has 5 aromatic rings. The third kappa shape index (κ3) is 4.99. The number of rotatable bonds is 8. The van der Waals surface area contributed by atoms with Gasteiger partial charge in [0.25, 0.3) is 5.56 Å². The van der Waals surface area contributed by atoms with E-state index in [1.807, 2.05) is 24.3 Å². The molecule has 7 nitrogen and oxygen atoms in total. The Kier molecular flexibility index (Phi) is 6.66. The van der Waals surface area contributed by atoms with E-state index in [2.05, 4.69) is 9.97 Å². The molecular formula is C29H22F2N4O3. The Balaban J connectivity index is 1.33. The van der Waals surface area contributed by atoms with Crippen LogP contribution in [0, 0.1) is 11.6 Å². The summed E-state index contributed by atoms with van der Waals surface area (Å²) in [6.45, 7) is 0.0101. The zero-order valence-electron chi connectivity index (χ0n) is 20.1. The maximum Gasteiger partial charge on any atom is 0.261 e. The van der Waals surface area contributed by atoms with E-state index in [1.165, 1.54) is 29.1 Å². The van der Waals surface area contributed by atoms with Gasteiger partial charge < -0.3 is 15.3 Å². The number of nitrogens with two attached hydrogens (primary N) is 1. The molecule has 5 rings (SSSR count). The van der Waals surface area contributed by atoms with Crippen LogP contribution in [0.4, 0.5) is 8.78 Å². The highest BCUT2D eigenvalue weighted by molar-refractivity contribution is 6.00. The molecule has 38 heavy (non-hydrogen) atoms. The average molecular weight is 513 g/mol. The first kappa shape index (κ1) is 24.8. The number of pyridine rings is 2. The Morgan fingerprint density at radius 2 is 1.82 bits per heavy atom. The molecule has 3 N–H and O–H groups in total. The Hall–Kier alpha value is -4.92. The van der Waals surface area contributed by atoms with Crippen molar-refractivity contribution < 1.29 is 18.4 Å². The zero-order chi connectivity index (χ0) is 26.8. The van der Waals surface area contributed by atoms with Crippen LogP contribution in [-0.4, -0.2) is 26.2 Å². The molecule has 0 spiro atoms. The van der Waals surface area contributed by atoms with Crippen LogP contribution in [0.1, 0.15) is 38.3 Å². The van der Waals surface area contributed by atoms with Crippen LogP contribution in [0.25, 0.3) is 22.2 Å². The minimum Gasteiger partial charge on any atom is -0.366 e. The first-order valence-electron chi connectivity index (χ1n) is 11.8. The summed E-state index contributed by atoms with van der Waals surface area (Å²) in [5, 5.41) is 0.750. The van der Waals surface area contributed by atoms with E-state index in [9.17, 15) is 23.2 Å². The standard InChI is InChI=1S/C29H22F2N4O3/c30-24-8-6-18(12-25(24)31)16-35-10-2-5-21(29(35)38)26(36)9-7-17-3-1-4-19(11-17)23-15-34-28-22(23)13-20(14-33-28)27(32)37/h1-6,8,10-15H,7,9,16H2,(H2,32,37)(H,33,34). The van der Waals surface area contributed by atoms with Crippen LogP contribution in [0.2, 0.25) is 0 Å². The molecule has 3 aromatic heterocycles. The van der Waals surface area contributed by atoms with Crippen LogP contribution in [-0.2, 0) is 13.0 Å². The maximum atomic E-state index is 13.6. The number of aryl methyl sites for hydroxylation is 1. The van der Waals surface area contributed by atoms with Gasteiger partial charge in [-0.05, 0) is 53.4 Å². The molecule has 3 heterocycles. The lowest BCUT2D eigenvalue weighted by atomic mass is 9.98. The van der Waals surface area contributed by atoms with Crippen molar-refractivity contribution in [1.82, 2.24) is 14.5 Å². The molecule has 0 radical (unpaired) electrons. The van der Waals surface area contributed by atoms with E-state index in [-0.39, 0.29) is 24.3 Å². The molecule has 0 aliphatic carbocycles. The number of primary amides is 1. The molecule has 2 aromatic carbocycles. The van der Waals surface area contributed by atoms with E-state index in [0.717, 1.165) is 34.2 Å². The third-order valence-electron chi connectivity index (χ3n) is 6.35. The second kappa shape index (κ2) is 10.2. The second-order valence-corrected chi connectivity index (χ2v) is 8.91. The summed E-state index contributed by atoms with van der Waals surface area (Å²) in [5.41, 5.74) is 8.87. The summed E-state index contributed by atoms with van der Waals surface area (Å²) in [6, 6.07) is 15.8. The topological polar surface area (TPSA) is 111 Å². The number of carbonyl (C=O) groups excluding carboxylic acids is 2. The fourth-order valence-corrected chi connectivity index (χ4v) is 4.37. The van der Waals surface area contributed by atoms with Gasteiger partial charge in [-0.3, -0.25) is 14.4 Å². The van der Waals surface area contributed by atoms with Crippen molar-refractivity contribution in [3.63, 3.8) is 0 Å². The van der Waals surface area contributed by atoms with Crippen molar-refractivity contribution >= 4 is 22.7 Å². The fraction of sp³-hybridized carbons (Fsp3) is 0.103. The van der Waals surface area contributed by atoms with Crippen LogP contribution >= 0.6 is 0 Å². The highest BCUT2D eigenvalue weighted by atomic mass is 19.2. The van der Waals surface area contributed by atoms with E-state index < -0.39 is 23.1 Å². The van der Waals surface area contributed by atoms with Gasteiger partial charge in [-0.25, -0.2) is 13.8 Å². The summed E-state index contributed by atoms with van der Waals surface area (Å²) in [6.07, 6.45) is 5.23. The molecule has 9 heteroatoms. The summed E-state index contributed by atoms with van der Waals surface area (Å²) < 4.78 is 28.1. The van der Waals surface area contributed by atoms with Gasteiger partial charge in [0, 0.05) is 36.0 Å². The number of halogens is 2. The lowest BCUT2D eigenvalue weighted by molar-refractivity contribution is 0.0977. The lowest BCUT2D eigenvalue weighted by Gasteiger charge is -2.09. The number of aromatic nitrogens is 3. The molecule has 0 saturated heterocycles. The molecule has 190 valence electrons. The number of amides is 1. The number of ketones is 1. The van der Waals surface area contributed by atoms with Crippen molar-refractivity contribution in [2.75, 3.05) is 0 Å². The number of aromatic amines is 1. The molecule has 0 saturated carbocycles. The van der Waals surface area contributed by atoms with Crippen molar-refractivity contribution in [2.45, 2.75) is 19.4 Å². The minimum absolute atomic E-state index is 0.0101. The molecule has 0 atom stereocenters. The number of nitrogens with one attached hydrogen (secondary N) is 1. The predicted octanol–water partition coefficient (Wildman–Crippen LogP) is 4.63. The molecule has 0 unspecified atom stereocenters. The third-order valence-corrected chi connectivity index (χ3v) is 6.35. The number of carbonyl (C=O) groups is 2. The SMILES string of the molecule is NC(=O)c1cnc2[nH]cc(-c3cccc(CCC(=O)c4cccn(Cc5ccc(F)c(F)c5)c4=O)c3)c2c1. The summed E-state index contributed by atoms with van der Waals surface area (Å²) >= 11 is 0. The molecule has 0 aliphatic rings. The summed E-state index contributed by atoms with van der Waals surface area (Å²) in [7, 11) is 0. The number of fused-ring (bicyclic) bond motifs is 1. The number of Topliss-reactive ketones (excluding diaryl/α,β-unsaturated/α-hetero) is 1. The molecule has 0 fully saturated rings. The van der Waals surface area contributed by atoms with Crippen LogP contribution in [0.15, 0.2) is 84.0 Å². The largest absolute Gasteiger partial charge is 0.366 e. The minimum atomic E-state index is -0.998. The average Bonchev–Trinajstić information content (AvgIpc) is 3.34. The van der Waals surface area contributed by atoms with Gasteiger partial charge in [-0.15, -0.1) is 0 Å². The molecule has 0 aliphatic heterocycles. The number of H-pyrrole nitrogens is 1. The Morgan fingerprint density at radius 1 is 0.974 bits per heavy atom. The Morgan fingerprint density at radius 3 is 2.61 bits per heavy atom. The van der Waals surface area contributed by atoms with E-state index >= 15 is 0 Å². The second-order valence-electron chi connectivity index (χ2n) is 8.91. The van der Waals surface area contributed by atoms with Gasteiger partial charge >= 0.3 is 0 Å². The van der Waals surface area contributed by atoms with Crippen LogP contribution in [0.3, 0.4) is 0 Å². The normalized spacial score (nSPS) is 11.1. The fourth-order valence-electron chi connectivity index (χ4n) is 4.37. The van der Waals surface area contributed by atoms with Gasteiger partial charge in [-0.2, -0.15) is 0 Å². The van der Waals surface area contributed by atoms with Crippen LogP contribution in [0.5, 0.6) is 0 Å². The predicted molar refractivity (Wildman–Crippen MR) is 139 cm³/mol. The van der Waals surface area contributed by atoms with Crippen molar-refractivity contribution in [3.05, 3.63) is 123 Å². The van der Waals surface area contributed by atoms with E-state index in [0.29, 0.717) is 23.2 Å². The quantitative estimate of drug-likeness (QED) is 0.295. The van der Waals surface area contributed by atoms with E-state index in [1.54, 1.807) is 18.3 Å². The highest BCUT2D eigenvalue weighted by Gasteiger charge is 2.15. The van der Waals surface area contributed by atoms with Gasteiger partial charge in [0.2, 0.25) is 5.91 Å². The zero-order valence-corrected chi connectivity index (χ0v) is 20.1.